The Morgan fingerprint density at radius 3 is 2.82 bits per heavy atom. The van der Waals surface area contributed by atoms with E-state index in [2.05, 4.69) is 37.4 Å². The maximum absolute atomic E-state index is 5.93. The molecule has 1 fully saturated rings. The SMILES string of the molecule is CCC(C)Oc1ccccc1CNCC1CC1. The summed E-state index contributed by atoms with van der Waals surface area (Å²) in [6.45, 7) is 6.34. The second-order valence-electron chi connectivity index (χ2n) is 5.02. The average molecular weight is 233 g/mol. The van der Waals surface area contributed by atoms with E-state index in [4.69, 9.17) is 4.74 Å². The molecular formula is C15H23NO. The number of ether oxygens (including phenoxy) is 1. The summed E-state index contributed by atoms with van der Waals surface area (Å²) < 4.78 is 5.93. The maximum atomic E-state index is 5.93. The van der Waals surface area contributed by atoms with Crippen LogP contribution in [0.3, 0.4) is 0 Å². The Bertz CT molecular complexity index is 347. The number of hydrogen-bond donors (Lipinski definition) is 1. The van der Waals surface area contributed by atoms with Gasteiger partial charge in [0.1, 0.15) is 5.75 Å². The quantitative estimate of drug-likeness (QED) is 0.779. The molecule has 0 radical (unpaired) electrons. The minimum atomic E-state index is 0.291. The lowest BCUT2D eigenvalue weighted by Crippen LogP contribution is -2.18. The van der Waals surface area contributed by atoms with E-state index in [-0.39, 0.29) is 0 Å². The molecule has 1 aromatic carbocycles. The van der Waals surface area contributed by atoms with E-state index in [9.17, 15) is 0 Å². The van der Waals surface area contributed by atoms with Gasteiger partial charge in [-0.05, 0) is 44.7 Å². The molecule has 0 heterocycles. The monoisotopic (exact) mass is 233 g/mol. The van der Waals surface area contributed by atoms with E-state index in [1.165, 1.54) is 18.4 Å². The van der Waals surface area contributed by atoms with Crippen molar-refractivity contribution in [3.05, 3.63) is 29.8 Å². The second kappa shape index (κ2) is 6.06. The molecule has 2 nitrogen and oxygen atoms in total. The van der Waals surface area contributed by atoms with Crippen LogP contribution in [0.5, 0.6) is 5.75 Å². The van der Waals surface area contributed by atoms with Crippen molar-refractivity contribution in [1.29, 1.82) is 0 Å². The zero-order valence-electron chi connectivity index (χ0n) is 10.9. The summed E-state index contributed by atoms with van der Waals surface area (Å²) in [5.74, 6) is 1.96. The van der Waals surface area contributed by atoms with Gasteiger partial charge >= 0.3 is 0 Å². The van der Waals surface area contributed by atoms with Gasteiger partial charge < -0.3 is 10.1 Å². The number of hydrogen-bond acceptors (Lipinski definition) is 2. The van der Waals surface area contributed by atoms with Crippen molar-refractivity contribution in [2.45, 2.75) is 45.8 Å². The first-order valence-corrected chi connectivity index (χ1v) is 6.75. The Hall–Kier alpha value is -1.02. The first-order chi connectivity index (χ1) is 8.29. The van der Waals surface area contributed by atoms with Crippen molar-refractivity contribution < 1.29 is 4.74 Å². The third-order valence-electron chi connectivity index (χ3n) is 3.32. The molecule has 0 aromatic heterocycles. The number of benzene rings is 1. The fraction of sp³-hybridized carbons (Fsp3) is 0.600. The molecule has 2 heteroatoms. The van der Waals surface area contributed by atoms with Gasteiger partial charge in [-0.3, -0.25) is 0 Å². The first kappa shape index (κ1) is 12.4. The Morgan fingerprint density at radius 1 is 1.35 bits per heavy atom. The molecule has 1 atom stereocenters. The zero-order valence-corrected chi connectivity index (χ0v) is 10.9. The molecule has 0 amide bonds. The van der Waals surface area contributed by atoms with Gasteiger partial charge in [-0.1, -0.05) is 25.1 Å². The van der Waals surface area contributed by atoms with Crippen LogP contribution in [0.2, 0.25) is 0 Å². The van der Waals surface area contributed by atoms with Crippen LogP contribution >= 0.6 is 0 Å². The number of nitrogens with one attached hydrogen (secondary N) is 1. The summed E-state index contributed by atoms with van der Waals surface area (Å²) in [6, 6.07) is 8.34. The van der Waals surface area contributed by atoms with Gasteiger partial charge in [-0.25, -0.2) is 0 Å². The molecule has 0 bridgehead atoms. The summed E-state index contributed by atoms with van der Waals surface area (Å²) in [5, 5.41) is 3.52. The van der Waals surface area contributed by atoms with Crippen LogP contribution in [0.1, 0.15) is 38.7 Å². The van der Waals surface area contributed by atoms with Crippen molar-refractivity contribution in [3.8, 4) is 5.75 Å². The molecule has 0 aliphatic heterocycles. The smallest absolute Gasteiger partial charge is 0.124 e. The lowest BCUT2D eigenvalue weighted by Gasteiger charge is -2.16. The third kappa shape index (κ3) is 4.04. The average Bonchev–Trinajstić information content (AvgIpc) is 3.15. The summed E-state index contributed by atoms with van der Waals surface area (Å²) in [7, 11) is 0. The van der Waals surface area contributed by atoms with E-state index in [0.717, 1.165) is 31.2 Å². The highest BCUT2D eigenvalue weighted by Crippen LogP contribution is 2.28. The Labute approximate surface area is 104 Å². The van der Waals surface area contributed by atoms with Gasteiger partial charge in [0.2, 0.25) is 0 Å². The van der Waals surface area contributed by atoms with E-state index in [1.807, 2.05) is 6.07 Å². The molecule has 1 saturated carbocycles. The fourth-order valence-electron chi connectivity index (χ4n) is 1.80. The molecule has 0 saturated heterocycles. The van der Waals surface area contributed by atoms with Crippen molar-refractivity contribution in [2.24, 2.45) is 5.92 Å². The minimum absolute atomic E-state index is 0.291. The van der Waals surface area contributed by atoms with E-state index in [0.29, 0.717) is 6.10 Å². The molecule has 1 unspecified atom stereocenters. The van der Waals surface area contributed by atoms with E-state index >= 15 is 0 Å². The number of para-hydroxylation sites is 1. The molecule has 1 N–H and O–H groups in total. The summed E-state index contributed by atoms with van der Waals surface area (Å²) in [5.41, 5.74) is 1.27. The maximum Gasteiger partial charge on any atom is 0.124 e. The molecule has 94 valence electrons. The van der Waals surface area contributed by atoms with Crippen LogP contribution < -0.4 is 10.1 Å². The second-order valence-corrected chi connectivity index (χ2v) is 5.02. The molecule has 17 heavy (non-hydrogen) atoms. The van der Waals surface area contributed by atoms with Crippen molar-refractivity contribution >= 4 is 0 Å². The first-order valence-electron chi connectivity index (χ1n) is 6.75. The van der Waals surface area contributed by atoms with Crippen molar-refractivity contribution in [3.63, 3.8) is 0 Å². The fourth-order valence-corrected chi connectivity index (χ4v) is 1.80. The van der Waals surface area contributed by atoms with Gasteiger partial charge in [-0.15, -0.1) is 0 Å². The zero-order chi connectivity index (χ0) is 12.1. The highest BCUT2D eigenvalue weighted by Gasteiger charge is 2.20. The van der Waals surface area contributed by atoms with E-state index < -0.39 is 0 Å². The molecular weight excluding hydrogens is 210 g/mol. The Morgan fingerprint density at radius 2 is 2.12 bits per heavy atom. The summed E-state index contributed by atoms with van der Waals surface area (Å²) in [4.78, 5) is 0. The largest absolute Gasteiger partial charge is 0.490 e. The van der Waals surface area contributed by atoms with Crippen LogP contribution in [0.25, 0.3) is 0 Å². The highest BCUT2D eigenvalue weighted by atomic mass is 16.5. The van der Waals surface area contributed by atoms with Crippen molar-refractivity contribution in [2.75, 3.05) is 6.54 Å². The van der Waals surface area contributed by atoms with Gasteiger partial charge in [0, 0.05) is 12.1 Å². The summed E-state index contributed by atoms with van der Waals surface area (Å²) in [6.07, 6.45) is 4.14. The van der Waals surface area contributed by atoms with Gasteiger partial charge in [-0.2, -0.15) is 0 Å². The van der Waals surface area contributed by atoms with Crippen LogP contribution in [0.4, 0.5) is 0 Å². The Balaban J connectivity index is 1.89. The van der Waals surface area contributed by atoms with Crippen LogP contribution in [-0.2, 0) is 6.54 Å². The lowest BCUT2D eigenvalue weighted by molar-refractivity contribution is 0.215. The molecule has 0 spiro atoms. The third-order valence-corrected chi connectivity index (χ3v) is 3.32. The van der Waals surface area contributed by atoms with Crippen LogP contribution in [0.15, 0.2) is 24.3 Å². The van der Waals surface area contributed by atoms with Gasteiger partial charge in [0.15, 0.2) is 0 Å². The summed E-state index contributed by atoms with van der Waals surface area (Å²) >= 11 is 0. The van der Waals surface area contributed by atoms with Crippen LogP contribution in [0, 0.1) is 5.92 Å². The number of rotatable bonds is 7. The molecule has 1 aromatic rings. The normalized spacial score (nSPS) is 16.8. The molecule has 1 aliphatic carbocycles. The molecule has 2 rings (SSSR count). The lowest BCUT2D eigenvalue weighted by atomic mass is 10.2. The standard InChI is InChI=1S/C15H23NO/c1-3-12(2)17-15-7-5-4-6-14(15)11-16-10-13-8-9-13/h4-7,12-13,16H,3,8-11H2,1-2H3. The highest BCUT2D eigenvalue weighted by molar-refractivity contribution is 5.33. The minimum Gasteiger partial charge on any atom is -0.490 e. The van der Waals surface area contributed by atoms with Crippen LogP contribution in [-0.4, -0.2) is 12.6 Å². The predicted molar refractivity (Wildman–Crippen MR) is 71.3 cm³/mol. The topological polar surface area (TPSA) is 21.3 Å². The van der Waals surface area contributed by atoms with Gasteiger partial charge in [0.25, 0.3) is 0 Å². The Kier molecular flexibility index (Phi) is 4.43. The van der Waals surface area contributed by atoms with Gasteiger partial charge in [0.05, 0.1) is 6.10 Å². The van der Waals surface area contributed by atoms with Crippen molar-refractivity contribution in [1.82, 2.24) is 5.32 Å². The molecule has 1 aliphatic rings. The predicted octanol–water partition coefficient (Wildman–Crippen LogP) is 3.36. The van der Waals surface area contributed by atoms with E-state index in [1.54, 1.807) is 0 Å².